The Hall–Kier alpha value is -2.92. The molecule has 1 aliphatic rings. The minimum Gasteiger partial charge on any atom is -0.489 e. The molecule has 0 saturated heterocycles. The van der Waals surface area contributed by atoms with Gasteiger partial charge in [-0.1, -0.05) is 55.5 Å². The van der Waals surface area contributed by atoms with Crippen molar-refractivity contribution in [3.63, 3.8) is 0 Å². The van der Waals surface area contributed by atoms with Gasteiger partial charge in [-0.25, -0.2) is 0 Å². The summed E-state index contributed by atoms with van der Waals surface area (Å²) in [4.78, 5) is 4.48. The van der Waals surface area contributed by atoms with E-state index in [4.69, 9.17) is 4.74 Å². The van der Waals surface area contributed by atoms with Gasteiger partial charge in [0.15, 0.2) is 0 Å². The highest BCUT2D eigenvalue weighted by atomic mass is 32.2. The Kier molecular flexibility index (Phi) is 7.51. The molecule has 4 nitrogen and oxygen atoms in total. The molecule has 0 fully saturated rings. The maximum absolute atomic E-state index is 5.88. The van der Waals surface area contributed by atoms with Gasteiger partial charge in [0, 0.05) is 17.9 Å². The predicted octanol–water partition coefficient (Wildman–Crippen LogP) is 6.52. The lowest BCUT2D eigenvalue weighted by molar-refractivity contribution is 0.306. The van der Waals surface area contributed by atoms with Crippen LogP contribution >= 0.6 is 11.8 Å². The van der Waals surface area contributed by atoms with Crippen molar-refractivity contribution in [1.29, 1.82) is 0 Å². The summed E-state index contributed by atoms with van der Waals surface area (Å²) in [5.41, 5.74) is 4.38. The second kappa shape index (κ2) is 10.9. The molecule has 1 aromatic heterocycles. The van der Waals surface area contributed by atoms with Crippen LogP contribution in [0.3, 0.4) is 0 Å². The Morgan fingerprint density at radius 1 is 0.903 bits per heavy atom. The molecule has 3 aromatic rings. The zero-order valence-corrected chi connectivity index (χ0v) is 18.6. The summed E-state index contributed by atoms with van der Waals surface area (Å²) in [6.07, 6.45) is 4.89. The number of thioether (sulfide) groups is 1. The third-order valence-corrected chi connectivity index (χ3v) is 6.46. The van der Waals surface area contributed by atoms with Gasteiger partial charge in [-0.2, -0.15) is 5.10 Å². The fourth-order valence-corrected chi connectivity index (χ4v) is 4.42. The van der Waals surface area contributed by atoms with E-state index in [1.165, 1.54) is 11.1 Å². The smallest absolute Gasteiger partial charge is 0.119 e. The number of ether oxygens (including phenoxy) is 1. The second-order valence-corrected chi connectivity index (χ2v) is 8.59. The van der Waals surface area contributed by atoms with Crippen molar-refractivity contribution in [3.05, 3.63) is 95.8 Å². The molecule has 31 heavy (non-hydrogen) atoms. The van der Waals surface area contributed by atoms with Gasteiger partial charge in [-0.3, -0.25) is 4.98 Å². The van der Waals surface area contributed by atoms with Crippen LogP contribution in [0.2, 0.25) is 0 Å². The van der Waals surface area contributed by atoms with Crippen LogP contribution in [-0.2, 0) is 12.4 Å². The first-order valence-corrected chi connectivity index (χ1v) is 11.7. The Morgan fingerprint density at radius 3 is 2.45 bits per heavy atom. The van der Waals surface area contributed by atoms with Gasteiger partial charge < -0.3 is 4.74 Å². The van der Waals surface area contributed by atoms with E-state index in [0.29, 0.717) is 12.5 Å². The summed E-state index contributed by atoms with van der Waals surface area (Å²) in [6.45, 7) is 2.80. The van der Waals surface area contributed by atoms with Crippen molar-refractivity contribution in [2.45, 2.75) is 38.5 Å². The highest BCUT2D eigenvalue weighted by Crippen LogP contribution is 2.26. The number of benzene rings is 2. The minimum atomic E-state index is 0.401. The normalized spacial score (nSPS) is 16.2. The zero-order chi connectivity index (χ0) is 21.3. The van der Waals surface area contributed by atoms with Crippen LogP contribution in [0, 0.1) is 5.92 Å². The van der Waals surface area contributed by atoms with Gasteiger partial charge in [0.05, 0.1) is 16.4 Å². The fraction of sp³-hybridized carbons (Fsp3) is 0.269. The third-order valence-electron chi connectivity index (χ3n) is 5.36. The van der Waals surface area contributed by atoms with Crippen molar-refractivity contribution in [3.8, 4) is 5.75 Å². The molecule has 0 radical (unpaired) electrons. The van der Waals surface area contributed by atoms with E-state index in [-0.39, 0.29) is 0 Å². The van der Waals surface area contributed by atoms with Gasteiger partial charge in [0.2, 0.25) is 0 Å². The van der Waals surface area contributed by atoms with Crippen molar-refractivity contribution in [1.82, 2.24) is 4.98 Å². The number of hydrogen-bond donors (Lipinski definition) is 0. The number of rotatable bonds is 7. The Bertz CT molecular complexity index is 1020. The van der Waals surface area contributed by atoms with Gasteiger partial charge >= 0.3 is 0 Å². The van der Waals surface area contributed by atoms with E-state index in [1.54, 1.807) is 11.8 Å². The van der Waals surface area contributed by atoms with Crippen LogP contribution in [0.15, 0.2) is 89.2 Å². The molecular formula is C26H27N3OS. The largest absolute Gasteiger partial charge is 0.489 e. The van der Waals surface area contributed by atoms with Gasteiger partial charge in [-0.05, 0) is 54.7 Å². The van der Waals surface area contributed by atoms with Crippen LogP contribution in [0.1, 0.15) is 43.0 Å². The maximum atomic E-state index is 5.88. The number of hydrogen-bond acceptors (Lipinski definition) is 5. The molecule has 0 amide bonds. The SMILES string of the molecule is CCC1CCC(SCc2ccc(OCc3ccccc3)cc2)=NN=C1c1ccccn1. The lowest BCUT2D eigenvalue weighted by Crippen LogP contribution is -2.15. The van der Waals surface area contributed by atoms with Crippen LogP contribution in [0.25, 0.3) is 0 Å². The lowest BCUT2D eigenvalue weighted by atomic mass is 9.93. The monoisotopic (exact) mass is 429 g/mol. The van der Waals surface area contributed by atoms with E-state index in [1.807, 2.05) is 54.7 Å². The van der Waals surface area contributed by atoms with Crippen molar-refractivity contribution >= 4 is 22.5 Å². The summed E-state index contributed by atoms with van der Waals surface area (Å²) in [5.74, 6) is 2.17. The molecule has 1 unspecified atom stereocenters. The molecule has 4 rings (SSSR count). The van der Waals surface area contributed by atoms with Crippen molar-refractivity contribution in [2.24, 2.45) is 16.1 Å². The zero-order valence-electron chi connectivity index (χ0n) is 17.8. The number of nitrogens with zero attached hydrogens (tertiary/aromatic N) is 3. The van der Waals surface area contributed by atoms with E-state index < -0.39 is 0 Å². The fourth-order valence-electron chi connectivity index (χ4n) is 3.54. The molecule has 0 spiro atoms. The number of pyridine rings is 1. The quantitative estimate of drug-likeness (QED) is 0.430. The molecular weight excluding hydrogens is 402 g/mol. The average Bonchev–Trinajstić information content (AvgIpc) is 3.05. The molecule has 1 atom stereocenters. The molecule has 2 aromatic carbocycles. The van der Waals surface area contributed by atoms with Crippen molar-refractivity contribution < 1.29 is 4.74 Å². The Labute approximate surface area is 188 Å². The van der Waals surface area contributed by atoms with E-state index in [0.717, 1.165) is 47.2 Å². The average molecular weight is 430 g/mol. The molecule has 158 valence electrons. The van der Waals surface area contributed by atoms with Crippen LogP contribution < -0.4 is 4.74 Å². The summed E-state index contributed by atoms with van der Waals surface area (Å²) in [5, 5.41) is 10.3. The highest BCUT2D eigenvalue weighted by Gasteiger charge is 2.21. The van der Waals surface area contributed by atoms with E-state index in [2.05, 4.69) is 46.4 Å². The number of aromatic nitrogens is 1. The summed E-state index contributed by atoms with van der Waals surface area (Å²) in [6, 6.07) is 24.5. The highest BCUT2D eigenvalue weighted by molar-refractivity contribution is 8.13. The Balaban J connectivity index is 1.34. The first-order chi connectivity index (χ1) is 15.3. The standard InChI is InChI=1S/C26H27N3OS/c1-2-22-13-16-25(28-29-26(22)24-10-6-7-17-27-24)31-19-21-11-14-23(15-12-21)30-18-20-8-4-3-5-9-20/h3-12,14-15,17,22H,2,13,16,18-19H2,1H3. The second-order valence-electron chi connectivity index (χ2n) is 7.54. The molecule has 5 heteroatoms. The Morgan fingerprint density at radius 2 is 1.71 bits per heavy atom. The first kappa shape index (κ1) is 21.3. The molecule has 0 N–H and O–H groups in total. The molecule has 0 bridgehead atoms. The van der Waals surface area contributed by atoms with Crippen molar-refractivity contribution in [2.75, 3.05) is 0 Å². The predicted molar refractivity (Wildman–Crippen MR) is 130 cm³/mol. The van der Waals surface area contributed by atoms with E-state index >= 15 is 0 Å². The minimum absolute atomic E-state index is 0.401. The molecule has 0 saturated carbocycles. The van der Waals surface area contributed by atoms with Gasteiger partial charge in [0.1, 0.15) is 12.4 Å². The first-order valence-electron chi connectivity index (χ1n) is 10.8. The van der Waals surface area contributed by atoms with Crippen LogP contribution in [0.4, 0.5) is 0 Å². The molecule has 2 heterocycles. The van der Waals surface area contributed by atoms with Gasteiger partial charge in [0.25, 0.3) is 0 Å². The van der Waals surface area contributed by atoms with Gasteiger partial charge in [-0.15, -0.1) is 16.9 Å². The molecule has 1 aliphatic heterocycles. The van der Waals surface area contributed by atoms with E-state index in [9.17, 15) is 0 Å². The topological polar surface area (TPSA) is 46.8 Å². The lowest BCUT2D eigenvalue weighted by Gasteiger charge is -2.14. The van der Waals surface area contributed by atoms with Crippen LogP contribution in [-0.4, -0.2) is 15.7 Å². The summed E-state index contributed by atoms with van der Waals surface area (Å²) >= 11 is 1.77. The molecule has 0 aliphatic carbocycles. The van der Waals surface area contributed by atoms with Crippen LogP contribution in [0.5, 0.6) is 5.75 Å². The third kappa shape index (κ3) is 6.05. The maximum Gasteiger partial charge on any atom is 0.119 e. The summed E-state index contributed by atoms with van der Waals surface area (Å²) in [7, 11) is 0. The summed E-state index contributed by atoms with van der Waals surface area (Å²) < 4.78 is 5.88.